The molecular formula is C13H20FNO2. The Kier molecular flexibility index (Phi) is 5.55. The van der Waals surface area contributed by atoms with Gasteiger partial charge < -0.3 is 15.6 Å². The first kappa shape index (κ1) is 14.1. The largest absolute Gasteiger partial charge is 0.395 e. The highest BCUT2D eigenvalue weighted by Gasteiger charge is 2.32. The fourth-order valence-corrected chi connectivity index (χ4v) is 2.02. The smallest absolute Gasteiger partial charge is 0.127 e. The predicted molar refractivity (Wildman–Crippen MR) is 65.3 cm³/mol. The van der Waals surface area contributed by atoms with Crippen LogP contribution >= 0.6 is 0 Å². The first-order chi connectivity index (χ1) is 8.20. The van der Waals surface area contributed by atoms with Crippen molar-refractivity contribution in [1.82, 2.24) is 0 Å². The number of rotatable bonds is 7. The number of aliphatic hydroxyl groups is 1. The summed E-state index contributed by atoms with van der Waals surface area (Å²) in [6, 6.07) is 6.47. The van der Waals surface area contributed by atoms with Gasteiger partial charge in [0.15, 0.2) is 0 Å². The van der Waals surface area contributed by atoms with E-state index in [-0.39, 0.29) is 19.0 Å². The van der Waals surface area contributed by atoms with Gasteiger partial charge in [-0.3, -0.25) is 0 Å². The van der Waals surface area contributed by atoms with E-state index in [4.69, 9.17) is 10.5 Å². The Morgan fingerprint density at radius 1 is 1.41 bits per heavy atom. The molecule has 0 aliphatic carbocycles. The van der Waals surface area contributed by atoms with Crippen LogP contribution in [-0.2, 0) is 10.2 Å². The molecule has 1 aromatic carbocycles. The SMILES string of the molecule is COCCCC(CN)(CO)c1ccccc1F. The van der Waals surface area contributed by atoms with E-state index in [0.29, 0.717) is 18.6 Å². The van der Waals surface area contributed by atoms with Gasteiger partial charge in [-0.1, -0.05) is 18.2 Å². The van der Waals surface area contributed by atoms with Crippen LogP contribution in [0.2, 0.25) is 0 Å². The van der Waals surface area contributed by atoms with E-state index in [0.717, 1.165) is 6.42 Å². The molecular weight excluding hydrogens is 221 g/mol. The maximum Gasteiger partial charge on any atom is 0.127 e. The van der Waals surface area contributed by atoms with Crippen LogP contribution in [0.4, 0.5) is 4.39 Å². The van der Waals surface area contributed by atoms with Crippen LogP contribution in [0.5, 0.6) is 0 Å². The van der Waals surface area contributed by atoms with Gasteiger partial charge in [0, 0.05) is 25.7 Å². The average molecular weight is 241 g/mol. The molecule has 1 atom stereocenters. The molecule has 96 valence electrons. The van der Waals surface area contributed by atoms with Crippen molar-refractivity contribution in [2.75, 3.05) is 26.9 Å². The molecule has 0 spiro atoms. The molecule has 17 heavy (non-hydrogen) atoms. The second-order valence-electron chi connectivity index (χ2n) is 4.22. The highest BCUT2D eigenvalue weighted by atomic mass is 19.1. The summed E-state index contributed by atoms with van der Waals surface area (Å²) in [7, 11) is 1.62. The van der Waals surface area contributed by atoms with Crippen molar-refractivity contribution in [3.05, 3.63) is 35.6 Å². The van der Waals surface area contributed by atoms with E-state index >= 15 is 0 Å². The number of aliphatic hydroxyl groups excluding tert-OH is 1. The fourth-order valence-electron chi connectivity index (χ4n) is 2.02. The fraction of sp³-hybridized carbons (Fsp3) is 0.538. The van der Waals surface area contributed by atoms with E-state index in [2.05, 4.69) is 0 Å². The Hall–Kier alpha value is -0.970. The zero-order valence-electron chi connectivity index (χ0n) is 10.2. The highest BCUT2D eigenvalue weighted by Crippen LogP contribution is 2.30. The van der Waals surface area contributed by atoms with Gasteiger partial charge in [-0.25, -0.2) is 4.39 Å². The summed E-state index contributed by atoms with van der Waals surface area (Å²) in [4.78, 5) is 0. The zero-order valence-corrected chi connectivity index (χ0v) is 10.2. The highest BCUT2D eigenvalue weighted by molar-refractivity contribution is 5.28. The number of hydrogen-bond acceptors (Lipinski definition) is 3. The van der Waals surface area contributed by atoms with Crippen molar-refractivity contribution in [2.24, 2.45) is 5.73 Å². The molecule has 0 fully saturated rings. The third kappa shape index (κ3) is 3.25. The molecule has 0 aliphatic heterocycles. The molecule has 3 N–H and O–H groups in total. The van der Waals surface area contributed by atoms with Crippen molar-refractivity contribution >= 4 is 0 Å². The molecule has 0 aliphatic rings. The van der Waals surface area contributed by atoms with Gasteiger partial charge in [-0.2, -0.15) is 0 Å². The lowest BCUT2D eigenvalue weighted by Crippen LogP contribution is -2.40. The summed E-state index contributed by atoms with van der Waals surface area (Å²) in [6.45, 7) is 0.637. The Bertz CT molecular complexity index is 340. The normalized spacial score (nSPS) is 14.6. The second kappa shape index (κ2) is 6.69. The number of methoxy groups -OCH3 is 1. The first-order valence-electron chi connectivity index (χ1n) is 5.75. The lowest BCUT2D eigenvalue weighted by molar-refractivity contribution is 0.151. The minimum Gasteiger partial charge on any atom is -0.395 e. The van der Waals surface area contributed by atoms with Crippen LogP contribution in [0.3, 0.4) is 0 Å². The van der Waals surface area contributed by atoms with Gasteiger partial charge in [0.05, 0.1) is 6.61 Å². The molecule has 0 amide bonds. The summed E-state index contributed by atoms with van der Waals surface area (Å²) in [5.41, 5.74) is 5.52. The lowest BCUT2D eigenvalue weighted by Gasteiger charge is -2.31. The first-order valence-corrected chi connectivity index (χ1v) is 5.75. The molecule has 0 bridgehead atoms. The summed E-state index contributed by atoms with van der Waals surface area (Å²) in [5, 5.41) is 9.57. The second-order valence-corrected chi connectivity index (χ2v) is 4.22. The molecule has 1 aromatic rings. The summed E-state index contributed by atoms with van der Waals surface area (Å²) in [6.07, 6.45) is 1.34. The molecule has 0 saturated heterocycles. The maximum atomic E-state index is 13.8. The minimum absolute atomic E-state index is 0.159. The topological polar surface area (TPSA) is 55.5 Å². The molecule has 1 unspecified atom stereocenters. The van der Waals surface area contributed by atoms with E-state index < -0.39 is 5.41 Å². The van der Waals surface area contributed by atoms with Crippen LogP contribution in [-0.4, -0.2) is 32.0 Å². The lowest BCUT2D eigenvalue weighted by atomic mass is 9.77. The number of ether oxygens (including phenoxy) is 1. The zero-order chi connectivity index (χ0) is 12.7. The van der Waals surface area contributed by atoms with Gasteiger partial charge in [-0.05, 0) is 24.5 Å². The quantitative estimate of drug-likeness (QED) is 0.710. The minimum atomic E-state index is -0.704. The van der Waals surface area contributed by atoms with Crippen LogP contribution in [0, 0.1) is 5.82 Å². The Morgan fingerprint density at radius 3 is 2.65 bits per heavy atom. The van der Waals surface area contributed by atoms with Crippen LogP contribution < -0.4 is 5.73 Å². The average Bonchev–Trinajstić information content (AvgIpc) is 2.36. The summed E-state index contributed by atoms with van der Waals surface area (Å²) < 4.78 is 18.7. The molecule has 4 heteroatoms. The third-order valence-electron chi connectivity index (χ3n) is 3.14. The van der Waals surface area contributed by atoms with Crippen LogP contribution in [0.1, 0.15) is 18.4 Å². The number of hydrogen-bond donors (Lipinski definition) is 2. The van der Waals surface area contributed by atoms with E-state index in [9.17, 15) is 9.50 Å². The molecule has 0 heterocycles. The standard InChI is InChI=1S/C13H20FNO2/c1-17-8-4-7-13(9-15,10-16)11-5-2-3-6-12(11)14/h2-3,5-6,16H,4,7-10,15H2,1H3. The molecule has 1 rings (SSSR count). The number of benzene rings is 1. The monoisotopic (exact) mass is 241 g/mol. The molecule has 0 radical (unpaired) electrons. The Labute approximate surface area is 101 Å². The van der Waals surface area contributed by atoms with Gasteiger partial charge in [0.25, 0.3) is 0 Å². The summed E-state index contributed by atoms with van der Waals surface area (Å²) in [5.74, 6) is -0.315. The maximum absolute atomic E-state index is 13.8. The molecule has 0 saturated carbocycles. The van der Waals surface area contributed by atoms with Crippen molar-refractivity contribution in [3.8, 4) is 0 Å². The van der Waals surface area contributed by atoms with Crippen molar-refractivity contribution < 1.29 is 14.2 Å². The van der Waals surface area contributed by atoms with E-state index in [1.165, 1.54) is 6.07 Å². The molecule has 0 aromatic heterocycles. The van der Waals surface area contributed by atoms with Gasteiger partial charge in [-0.15, -0.1) is 0 Å². The predicted octanol–water partition coefficient (Wildman–Crippen LogP) is 1.44. The van der Waals surface area contributed by atoms with E-state index in [1.54, 1.807) is 25.3 Å². The Morgan fingerprint density at radius 2 is 2.12 bits per heavy atom. The van der Waals surface area contributed by atoms with E-state index in [1.807, 2.05) is 0 Å². The number of halogens is 1. The molecule has 3 nitrogen and oxygen atoms in total. The van der Waals surface area contributed by atoms with Crippen molar-refractivity contribution in [1.29, 1.82) is 0 Å². The van der Waals surface area contributed by atoms with Crippen molar-refractivity contribution in [2.45, 2.75) is 18.3 Å². The van der Waals surface area contributed by atoms with Crippen LogP contribution in [0.15, 0.2) is 24.3 Å². The van der Waals surface area contributed by atoms with Gasteiger partial charge in [0.2, 0.25) is 0 Å². The van der Waals surface area contributed by atoms with Gasteiger partial charge >= 0.3 is 0 Å². The van der Waals surface area contributed by atoms with Crippen molar-refractivity contribution in [3.63, 3.8) is 0 Å². The van der Waals surface area contributed by atoms with Crippen LogP contribution in [0.25, 0.3) is 0 Å². The number of nitrogens with two attached hydrogens (primary N) is 1. The Balaban J connectivity index is 2.94. The van der Waals surface area contributed by atoms with Gasteiger partial charge in [0.1, 0.15) is 5.82 Å². The summed E-state index contributed by atoms with van der Waals surface area (Å²) >= 11 is 0. The third-order valence-corrected chi connectivity index (χ3v) is 3.14.